The summed E-state index contributed by atoms with van der Waals surface area (Å²) in [4.78, 5) is 11.5. The lowest BCUT2D eigenvalue weighted by Gasteiger charge is -2.37. The molecule has 2 aliphatic rings. The van der Waals surface area contributed by atoms with Crippen LogP contribution in [0.1, 0.15) is 43.7 Å². The van der Waals surface area contributed by atoms with Gasteiger partial charge in [0.1, 0.15) is 6.04 Å². The van der Waals surface area contributed by atoms with E-state index >= 15 is 0 Å². The zero-order valence-electron chi connectivity index (χ0n) is 24.0. The van der Waals surface area contributed by atoms with Crippen LogP contribution in [0.3, 0.4) is 0 Å². The Bertz CT molecular complexity index is 1510. The van der Waals surface area contributed by atoms with Crippen molar-refractivity contribution in [3.63, 3.8) is 0 Å². The van der Waals surface area contributed by atoms with Crippen LogP contribution in [0.4, 0.5) is 17.1 Å². The van der Waals surface area contributed by atoms with E-state index in [4.69, 9.17) is 28.8 Å². The van der Waals surface area contributed by atoms with Gasteiger partial charge in [-0.1, -0.05) is 31.5 Å². The van der Waals surface area contributed by atoms with Gasteiger partial charge in [-0.05, 0) is 97.2 Å². The van der Waals surface area contributed by atoms with Gasteiger partial charge in [-0.2, -0.15) is 0 Å². The molecule has 0 bridgehead atoms. The first-order valence-electron chi connectivity index (χ1n) is 14.3. The summed E-state index contributed by atoms with van der Waals surface area (Å²) in [6, 6.07) is 25.0. The van der Waals surface area contributed by atoms with Crippen LogP contribution in [0.5, 0.6) is 0 Å². The minimum atomic E-state index is -0.141. The fourth-order valence-electron chi connectivity index (χ4n) is 6.48. The van der Waals surface area contributed by atoms with E-state index in [9.17, 15) is 0 Å². The van der Waals surface area contributed by atoms with Gasteiger partial charge in [0.15, 0.2) is 5.11 Å². The van der Waals surface area contributed by atoms with Crippen LogP contribution in [0.25, 0.3) is 5.69 Å². The molecule has 0 unspecified atom stereocenters. The van der Waals surface area contributed by atoms with Crippen LogP contribution >= 0.6 is 23.8 Å². The monoisotopic (exact) mass is 584 g/mol. The molecule has 4 atom stereocenters. The SMILES string of the molecule is C[C@@H]1C[C@H](C)CN(c2ccc(N3C(=S)N[C@H](c4ccccn4)[C@@H]3c3cccn3-c3ccc(N(C)C)cc3)cc2Cl)C1. The summed E-state index contributed by atoms with van der Waals surface area (Å²) in [6.07, 6.45) is 5.21. The van der Waals surface area contributed by atoms with E-state index in [0.29, 0.717) is 16.9 Å². The standard InChI is InChI=1S/C33H37ClN6S/c1-22-18-23(2)21-38(20-22)29-15-14-26(19-27(29)34)40-32(31(36-33(40)41)28-8-5-6-16-35-28)30-9-7-17-39(30)25-12-10-24(11-13-25)37(3)4/h5-17,19,22-23,31-32H,18,20-21H2,1-4H3,(H,36,41)/t22-,23+,31-,32+/m1/s1. The Labute approximate surface area is 253 Å². The normalized spacial score (nSPS) is 22.6. The maximum absolute atomic E-state index is 7.02. The molecule has 4 heterocycles. The Morgan fingerprint density at radius 2 is 1.66 bits per heavy atom. The van der Waals surface area contributed by atoms with Crippen molar-refractivity contribution in [3.8, 4) is 5.69 Å². The van der Waals surface area contributed by atoms with Gasteiger partial charge in [-0.3, -0.25) is 4.98 Å². The smallest absolute Gasteiger partial charge is 0.174 e. The summed E-state index contributed by atoms with van der Waals surface area (Å²) in [5.41, 5.74) is 6.37. The second-order valence-corrected chi connectivity index (χ2v) is 12.5. The summed E-state index contributed by atoms with van der Waals surface area (Å²) >= 11 is 13.0. The average Bonchev–Trinajstić information content (AvgIpc) is 3.57. The molecule has 212 valence electrons. The van der Waals surface area contributed by atoms with E-state index in [-0.39, 0.29) is 12.1 Å². The summed E-state index contributed by atoms with van der Waals surface area (Å²) in [5.74, 6) is 1.29. The van der Waals surface area contributed by atoms with Crippen molar-refractivity contribution < 1.29 is 0 Å². The molecule has 41 heavy (non-hydrogen) atoms. The molecule has 2 aromatic heterocycles. The summed E-state index contributed by atoms with van der Waals surface area (Å²) in [7, 11) is 4.11. The maximum atomic E-state index is 7.02. The molecule has 4 aromatic rings. The lowest BCUT2D eigenvalue weighted by atomic mass is 9.91. The van der Waals surface area contributed by atoms with Crippen molar-refractivity contribution in [3.05, 3.63) is 102 Å². The molecule has 2 saturated heterocycles. The van der Waals surface area contributed by atoms with E-state index in [2.05, 4.69) is 119 Å². The van der Waals surface area contributed by atoms with E-state index in [1.54, 1.807) is 0 Å². The third-order valence-electron chi connectivity index (χ3n) is 8.24. The topological polar surface area (TPSA) is 39.6 Å². The van der Waals surface area contributed by atoms with Crippen LogP contribution in [-0.2, 0) is 0 Å². The van der Waals surface area contributed by atoms with Gasteiger partial charge < -0.3 is 24.6 Å². The number of anilines is 3. The Balaban J connectivity index is 1.41. The van der Waals surface area contributed by atoms with Crippen molar-refractivity contribution >= 4 is 46.0 Å². The van der Waals surface area contributed by atoms with Crippen molar-refractivity contribution in [1.82, 2.24) is 14.9 Å². The van der Waals surface area contributed by atoms with Gasteiger partial charge in [-0.25, -0.2) is 0 Å². The molecule has 2 aromatic carbocycles. The van der Waals surface area contributed by atoms with Crippen LogP contribution in [0.15, 0.2) is 85.2 Å². The molecule has 6 nitrogen and oxygen atoms in total. The van der Waals surface area contributed by atoms with E-state index in [0.717, 1.165) is 52.2 Å². The van der Waals surface area contributed by atoms with E-state index in [1.807, 2.05) is 18.3 Å². The number of benzene rings is 2. The average molecular weight is 585 g/mol. The van der Waals surface area contributed by atoms with Crippen LogP contribution in [0, 0.1) is 11.8 Å². The maximum Gasteiger partial charge on any atom is 0.174 e. The van der Waals surface area contributed by atoms with Crippen molar-refractivity contribution in [2.45, 2.75) is 32.4 Å². The number of aromatic nitrogens is 2. The summed E-state index contributed by atoms with van der Waals surface area (Å²) < 4.78 is 2.25. The summed E-state index contributed by atoms with van der Waals surface area (Å²) in [5, 5.41) is 5.00. The summed E-state index contributed by atoms with van der Waals surface area (Å²) in [6.45, 7) is 6.70. The number of pyridine rings is 1. The van der Waals surface area contributed by atoms with Gasteiger partial charge >= 0.3 is 0 Å². The second kappa shape index (κ2) is 11.4. The fourth-order valence-corrected chi connectivity index (χ4v) is 7.12. The molecule has 1 N–H and O–H groups in total. The quantitative estimate of drug-likeness (QED) is 0.241. The van der Waals surface area contributed by atoms with Crippen molar-refractivity contribution in [2.75, 3.05) is 41.9 Å². The predicted molar refractivity (Wildman–Crippen MR) is 175 cm³/mol. The van der Waals surface area contributed by atoms with Crippen LogP contribution in [-0.4, -0.2) is 41.8 Å². The third-order valence-corrected chi connectivity index (χ3v) is 8.86. The Morgan fingerprint density at radius 3 is 2.32 bits per heavy atom. The molecule has 2 fully saturated rings. The lowest BCUT2D eigenvalue weighted by molar-refractivity contribution is 0.357. The molecule has 0 radical (unpaired) electrons. The van der Waals surface area contributed by atoms with Crippen LogP contribution < -0.4 is 20.0 Å². The highest BCUT2D eigenvalue weighted by molar-refractivity contribution is 7.80. The molecule has 0 spiro atoms. The van der Waals surface area contributed by atoms with E-state index in [1.165, 1.54) is 6.42 Å². The second-order valence-electron chi connectivity index (χ2n) is 11.7. The minimum Gasteiger partial charge on any atom is -0.378 e. The molecule has 8 heteroatoms. The number of rotatable bonds is 6. The predicted octanol–water partition coefficient (Wildman–Crippen LogP) is 7.25. The molecule has 0 aliphatic carbocycles. The van der Waals surface area contributed by atoms with Gasteiger partial charge in [0.05, 0.1) is 22.4 Å². The largest absolute Gasteiger partial charge is 0.378 e. The Morgan fingerprint density at radius 1 is 0.927 bits per heavy atom. The number of nitrogens with zero attached hydrogens (tertiary/aromatic N) is 5. The number of hydrogen-bond acceptors (Lipinski definition) is 4. The molecular weight excluding hydrogens is 548 g/mol. The van der Waals surface area contributed by atoms with Crippen molar-refractivity contribution in [1.29, 1.82) is 0 Å². The van der Waals surface area contributed by atoms with Gasteiger partial charge in [0, 0.05) is 62.3 Å². The van der Waals surface area contributed by atoms with Gasteiger partial charge in [-0.15, -0.1) is 0 Å². The number of halogens is 1. The highest BCUT2D eigenvalue weighted by atomic mass is 35.5. The van der Waals surface area contributed by atoms with Crippen LogP contribution in [0.2, 0.25) is 5.02 Å². The van der Waals surface area contributed by atoms with Crippen molar-refractivity contribution in [2.24, 2.45) is 11.8 Å². The molecule has 6 rings (SSSR count). The Hall–Kier alpha value is -3.55. The zero-order valence-corrected chi connectivity index (χ0v) is 25.6. The molecule has 2 aliphatic heterocycles. The first-order valence-corrected chi connectivity index (χ1v) is 15.1. The highest BCUT2D eigenvalue weighted by Crippen LogP contribution is 2.44. The third kappa shape index (κ3) is 5.41. The molecule has 0 saturated carbocycles. The fraction of sp³-hybridized carbons (Fsp3) is 0.333. The Kier molecular flexibility index (Phi) is 7.66. The highest BCUT2D eigenvalue weighted by Gasteiger charge is 2.42. The number of hydrogen-bond donors (Lipinski definition) is 1. The first-order chi connectivity index (χ1) is 19.8. The van der Waals surface area contributed by atoms with Gasteiger partial charge in [0.2, 0.25) is 0 Å². The molecule has 0 amide bonds. The van der Waals surface area contributed by atoms with E-state index < -0.39 is 0 Å². The molecular formula is C33H37ClN6S. The number of piperidine rings is 1. The van der Waals surface area contributed by atoms with Gasteiger partial charge in [0.25, 0.3) is 0 Å². The first kappa shape index (κ1) is 27.6. The number of thiocarbonyl (C=S) groups is 1. The minimum absolute atomic E-state index is 0.138. The lowest BCUT2D eigenvalue weighted by Crippen LogP contribution is -2.38. The number of nitrogens with one attached hydrogen (secondary N) is 1. The zero-order chi connectivity index (χ0) is 28.7.